The summed E-state index contributed by atoms with van der Waals surface area (Å²) in [6, 6.07) is 7.16. The van der Waals surface area contributed by atoms with E-state index in [2.05, 4.69) is 56.2 Å². The van der Waals surface area contributed by atoms with Crippen LogP contribution >= 0.6 is 0 Å². The summed E-state index contributed by atoms with van der Waals surface area (Å²) in [6.45, 7) is 8.95. The van der Waals surface area contributed by atoms with Crippen LogP contribution in [-0.4, -0.2) is 31.3 Å². The van der Waals surface area contributed by atoms with E-state index in [1.165, 1.54) is 29.7 Å². The minimum Gasteiger partial charge on any atom is -0.396 e. The van der Waals surface area contributed by atoms with Gasteiger partial charge in [-0.2, -0.15) is 0 Å². The second-order valence-corrected chi connectivity index (χ2v) is 7.30. The fraction of sp³-hybridized carbons (Fsp3) is 0.667. The van der Waals surface area contributed by atoms with E-state index in [0.29, 0.717) is 6.04 Å². The van der Waals surface area contributed by atoms with E-state index >= 15 is 0 Å². The van der Waals surface area contributed by atoms with Crippen LogP contribution in [0, 0.1) is 5.41 Å². The number of nitrogens with one attached hydrogen (secondary N) is 1. The van der Waals surface area contributed by atoms with Gasteiger partial charge in [-0.25, -0.2) is 0 Å². The molecule has 3 heteroatoms. The van der Waals surface area contributed by atoms with Crippen LogP contribution in [0.2, 0.25) is 0 Å². The Balaban J connectivity index is 2.03. The topological polar surface area (TPSA) is 35.5 Å². The van der Waals surface area contributed by atoms with Gasteiger partial charge in [0, 0.05) is 38.5 Å². The van der Waals surface area contributed by atoms with E-state index < -0.39 is 0 Å². The van der Waals surface area contributed by atoms with Gasteiger partial charge in [0.05, 0.1) is 0 Å². The minimum atomic E-state index is 0.164. The highest BCUT2D eigenvalue weighted by Gasteiger charge is 2.23. The van der Waals surface area contributed by atoms with Gasteiger partial charge >= 0.3 is 0 Å². The van der Waals surface area contributed by atoms with Gasteiger partial charge in [-0.05, 0) is 41.9 Å². The molecule has 1 heterocycles. The molecule has 2 rings (SSSR count). The number of aliphatic hydroxyl groups is 1. The molecular weight excluding hydrogens is 260 g/mol. The van der Waals surface area contributed by atoms with Crippen molar-refractivity contribution in [3.8, 4) is 0 Å². The summed E-state index contributed by atoms with van der Waals surface area (Å²) in [5.41, 5.74) is 4.36. The summed E-state index contributed by atoms with van der Waals surface area (Å²) in [4.78, 5) is 2.35. The van der Waals surface area contributed by atoms with Crippen LogP contribution in [0.5, 0.6) is 0 Å². The zero-order chi connectivity index (χ0) is 15.5. The van der Waals surface area contributed by atoms with Crippen molar-refractivity contribution < 1.29 is 5.11 Å². The first-order valence-electron chi connectivity index (χ1n) is 8.09. The van der Waals surface area contributed by atoms with E-state index in [-0.39, 0.29) is 12.0 Å². The number of aryl methyl sites for hydroxylation is 1. The number of hydrogen-bond donors (Lipinski definition) is 2. The van der Waals surface area contributed by atoms with E-state index in [9.17, 15) is 5.11 Å². The Morgan fingerprint density at radius 1 is 1.33 bits per heavy atom. The largest absolute Gasteiger partial charge is 0.396 e. The maximum Gasteiger partial charge on any atom is 0.0446 e. The molecule has 0 amide bonds. The monoisotopic (exact) mass is 290 g/mol. The van der Waals surface area contributed by atoms with Crippen LogP contribution in [-0.2, 0) is 13.0 Å². The molecule has 118 valence electrons. The second kappa shape index (κ2) is 6.80. The fourth-order valence-corrected chi connectivity index (χ4v) is 3.16. The molecule has 3 nitrogen and oxygen atoms in total. The van der Waals surface area contributed by atoms with Crippen molar-refractivity contribution in [1.82, 2.24) is 5.32 Å². The van der Waals surface area contributed by atoms with Gasteiger partial charge in [-0.3, -0.25) is 0 Å². The lowest BCUT2D eigenvalue weighted by Gasteiger charge is -2.32. The molecule has 0 fully saturated rings. The van der Waals surface area contributed by atoms with Gasteiger partial charge < -0.3 is 15.3 Å². The smallest absolute Gasteiger partial charge is 0.0446 e. The summed E-state index contributed by atoms with van der Waals surface area (Å²) in [5, 5.41) is 12.9. The minimum absolute atomic E-state index is 0.164. The molecule has 1 aromatic rings. The first-order chi connectivity index (χ1) is 9.91. The third kappa shape index (κ3) is 4.21. The standard InChI is InChI=1S/C18H30N2O/c1-18(2,3)17(9-11-21)19-13-14-7-8-16-15(12-14)6-5-10-20(16)4/h7-8,12,17,19,21H,5-6,9-11,13H2,1-4H3. The second-order valence-electron chi connectivity index (χ2n) is 7.30. The Labute approximate surface area is 129 Å². The fourth-order valence-electron chi connectivity index (χ4n) is 3.16. The number of hydrogen-bond acceptors (Lipinski definition) is 3. The van der Waals surface area contributed by atoms with Crippen molar-refractivity contribution >= 4 is 5.69 Å². The summed E-state index contributed by atoms with van der Waals surface area (Å²) < 4.78 is 0. The van der Waals surface area contributed by atoms with Crippen molar-refractivity contribution in [2.45, 2.75) is 52.6 Å². The third-order valence-electron chi connectivity index (χ3n) is 4.51. The van der Waals surface area contributed by atoms with E-state index in [1.54, 1.807) is 0 Å². The molecule has 21 heavy (non-hydrogen) atoms. The molecule has 2 N–H and O–H groups in total. The molecule has 0 saturated carbocycles. The lowest BCUT2D eigenvalue weighted by Crippen LogP contribution is -2.40. The molecule has 1 unspecified atom stereocenters. The van der Waals surface area contributed by atoms with E-state index in [0.717, 1.165) is 19.5 Å². The predicted molar refractivity (Wildman–Crippen MR) is 89.8 cm³/mol. The van der Waals surface area contributed by atoms with Crippen LogP contribution in [0.1, 0.15) is 44.7 Å². The first kappa shape index (κ1) is 16.3. The maximum atomic E-state index is 9.24. The predicted octanol–water partition coefficient (Wildman–Crippen LogP) is 2.96. The Bertz CT molecular complexity index is 465. The van der Waals surface area contributed by atoms with E-state index in [1.807, 2.05) is 0 Å². The van der Waals surface area contributed by atoms with Crippen molar-refractivity contribution in [1.29, 1.82) is 0 Å². The van der Waals surface area contributed by atoms with Gasteiger partial charge in [-0.1, -0.05) is 32.9 Å². The number of anilines is 1. The molecule has 0 bridgehead atoms. The first-order valence-corrected chi connectivity index (χ1v) is 8.09. The van der Waals surface area contributed by atoms with Crippen molar-refractivity contribution in [3.05, 3.63) is 29.3 Å². The maximum absolute atomic E-state index is 9.24. The molecule has 1 aliphatic rings. The summed E-state index contributed by atoms with van der Waals surface area (Å²) in [7, 11) is 2.17. The Hall–Kier alpha value is -1.06. The highest BCUT2D eigenvalue weighted by atomic mass is 16.3. The third-order valence-corrected chi connectivity index (χ3v) is 4.51. The van der Waals surface area contributed by atoms with Gasteiger partial charge in [0.15, 0.2) is 0 Å². The average molecular weight is 290 g/mol. The molecule has 1 atom stereocenters. The number of rotatable bonds is 5. The van der Waals surface area contributed by atoms with Gasteiger partial charge in [-0.15, -0.1) is 0 Å². The summed E-state index contributed by atoms with van der Waals surface area (Å²) in [6.07, 6.45) is 3.24. The van der Waals surface area contributed by atoms with Gasteiger partial charge in [0.1, 0.15) is 0 Å². The molecule has 0 aliphatic carbocycles. The summed E-state index contributed by atoms with van der Waals surface area (Å²) >= 11 is 0. The molecule has 0 saturated heterocycles. The highest BCUT2D eigenvalue weighted by Crippen LogP contribution is 2.27. The van der Waals surface area contributed by atoms with Crippen molar-refractivity contribution in [2.24, 2.45) is 5.41 Å². The van der Waals surface area contributed by atoms with Gasteiger partial charge in [0.2, 0.25) is 0 Å². The van der Waals surface area contributed by atoms with Crippen LogP contribution < -0.4 is 10.2 Å². The molecular formula is C18H30N2O. The SMILES string of the molecule is CN1CCCc2cc(CNC(CCO)C(C)(C)C)ccc21. The molecule has 0 aromatic heterocycles. The molecule has 1 aliphatic heterocycles. The Morgan fingerprint density at radius 3 is 2.76 bits per heavy atom. The quantitative estimate of drug-likeness (QED) is 0.875. The number of aliphatic hydroxyl groups excluding tert-OH is 1. The zero-order valence-corrected chi connectivity index (χ0v) is 13.9. The average Bonchev–Trinajstić information content (AvgIpc) is 2.42. The van der Waals surface area contributed by atoms with Crippen LogP contribution in [0.25, 0.3) is 0 Å². The summed E-state index contributed by atoms with van der Waals surface area (Å²) in [5.74, 6) is 0. The number of benzene rings is 1. The zero-order valence-electron chi connectivity index (χ0n) is 13.9. The van der Waals surface area contributed by atoms with Gasteiger partial charge in [0.25, 0.3) is 0 Å². The van der Waals surface area contributed by atoms with Crippen LogP contribution in [0.4, 0.5) is 5.69 Å². The molecule has 1 aromatic carbocycles. The highest BCUT2D eigenvalue weighted by molar-refractivity contribution is 5.56. The molecule has 0 spiro atoms. The normalized spacial score (nSPS) is 16.7. The van der Waals surface area contributed by atoms with Crippen molar-refractivity contribution in [2.75, 3.05) is 25.1 Å². The number of nitrogens with zero attached hydrogens (tertiary/aromatic N) is 1. The molecule has 0 radical (unpaired) electrons. The van der Waals surface area contributed by atoms with Crippen LogP contribution in [0.15, 0.2) is 18.2 Å². The lowest BCUT2D eigenvalue weighted by atomic mass is 9.85. The van der Waals surface area contributed by atoms with Crippen LogP contribution in [0.3, 0.4) is 0 Å². The Morgan fingerprint density at radius 2 is 2.10 bits per heavy atom. The van der Waals surface area contributed by atoms with Crippen molar-refractivity contribution in [3.63, 3.8) is 0 Å². The number of fused-ring (bicyclic) bond motifs is 1. The lowest BCUT2D eigenvalue weighted by molar-refractivity contribution is 0.196. The van der Waals surface area contributed by atoms with E-state index in [4.69, 9.17) is 0 Å². The Kier molecular flexibility index (Phi) is 5.28.